The highest BCUT2D eigenvalue weighted by atomic mass is 16.2. The summed E-state index contributed by atoms with van der Waals surface area (Å²) in [6.45, 7) is 9.26. The van der Waals surface area contributed by atoms with E-state index in [2.05, 4.69) is 17.6 Å². The number of carbonyl (C=O) groups excluding carboxylic acids is 2. The largest absolute Gasteiger partial charge is 0.349 e. The van der Waals surface area contributed by atoms with Crippen molar-refractivity contribution in [3.63, 3.8) is 0 Å². The first kappa shape index (κ1) is 18.2. The minimum Gasteiger partial charge on any atom is -0.349 e. The summed E-state index contributed by atoms with van der Waals surface area (Å²) < 4.78 is 0. The zero-order valence-electron chi connectivity index (χ0n) is 14.0. The summed E-state index contributed by atoms with van der Waals surface area (Å²) >= 11 is 0. The van der Waals surface area contributed by atoms with Crippen LogP contribution in [0.25, 0.3) is 0 Å². The van der Waals surface area contributed by atoms with Crippen LogP contribution in [0.5, 0.6) is 0 Å². The van der Waals surface area contributed by atoms with E-state index in [0.717, 1.165) is 23.6 Å². The van der Waals surface area contributed by atoms with Crippen LogP contribution >= 0.6 is 0 Å². The van der Waals surface area contributed by atoms with Crippen molar-refractivity contribution in [2.24, 2.45) is 0 Å². The number of anilines is 1. The SMILES string of the molecule is CCc1ccc(NC(=O)C[NH+](CC)CC(=O)NC(C)C)cc1. The van der Waals surface area contributed by atoms with E-state index in [1.165, 1.54) is 5.56 Å². The highest BCUT2D eigenvalue weighted by molar-refractivity contribution is 5.91. The maximum Gasteiger partial charge on any atom is 0.279 e. The molecule has 1 rings (SSSR count). The third-order valence-corrected chi connectivity index (χ3v) is 3.42. The second-order valence-corrected chi connectivity index (χ2v) is 5.78. The van der Waals surface area contributed by atoms with Gasteiger partial charge in [0.1, 0.15) is 0 Å². The fourth-order valence-electron chi connectivity index (χ4n) is 2.17. The smallest absolute Gasteiger partial charge is 0.279 e. The average Bonchev–Trinajstić information content (AvgIpc) is 2.46. The van der Waals surface area contributed by atoms with Gasteiger partial charge >= 0.3 is 0 Å². The third kappa shape index (κ3) is 6.72. The molecule has 1 aromatic carbocycles. The standard InChI is InChI=1S/C17H27N3O2/c1-5-14-7-9-15(10-8-14)19-17(22)12-20(6-2)11-16(21)18-13(3)4/h7-10,13H,5-6,11-12H2,1-4H3,(H,18,21)(H,19,22)/p+1. The molecule has 5 nitrogen and oxygen atoms in total. The molecule has 1 unspecified atom stereocenters. The van der Waals surface area contributed by atoms with Crippen molar-refractivity contribution >= 4 is 17.5 Å². The van der Waals surface area contributed by atoms with E-state index in [1.807, 2.05) is 45.0 Å². The molecule has 0 spiro atoms. The maximum absolute atomic E-state index is 12.1. The molecule has 0 bridgehead atoms. The molecule has 2 amide bonds. The summed E-state index contributed by atoms with van der Waals surface area (Å²) in [4.78, 5) is 24.8. The molecular weight excluding hydrogens is 278 g/mol. The summed E-state index contributed by atoms with van der Waals surface area (Å²) in [5, 5.41) is 5.73. The summed E-state index contributed by atoms with van der Waals surface area (Å²) in [6.07, 6.45) is 0.979. The summed E-state index contributed by atoms with van der Waals surface area (Å²) in [5.41, 5.74) is 2.04. The monoisotopic (exact) mass is 306 g/mol. The molecule has 0 aliphatic carbocycles. The van der Waals surface area contributed by atoms with E-state index < -0.39 is 0 Å². The van der Waals surface area contributed by atoms with Crippen molar-refractivity contribution in [1.29, 1.82) is 0 Å². The van der Waals surface area contributed by atoms with Crippen molar-refractivity contribution in [2.45, 2.75) is 40.2 Å². The molecule has 1 aromatic rings. The number of likely N-dealkylation sites (N-methyl/N-ethyl adjacent to an activating group) is 1. The fourth-order valence-corrected chi connectivity index (χ4v) is 2.17. The van der Waals surface area contributed by atoms with Gasteiger partial charge in [0, 0.05) is 11.7 Å². The second-order valence-electron chi connectivity index (χ2n) is 5.78. The highest BCUT2D eigenvalue weighted by Crippen LogP contribution is 2.09. The van der Waals surface area contributed by atoms with Gasteiger partial charge in [0.05, 0.1) is 6.54 Å². The predicted molar refractivity (Wildman–Crippen MR) is 89.0 cm³/mol. The number of amides is 2. The molecule has 0 aromatic heterocycles. The first-order valence-corrected chi connectivity index (χ1v) is 7.96. The van der Waals surface area contributed by atoms with Crippen molar-refractivity contribution in [3.8, 4) is 0 Å². The Morgan fingerprint density at radius 1 is 1.05 bits per heavy atom. The van der Waals surface area contributed by atoms with E-state index in [4.69, 9.17) is 0 Å². The number of hydrogen-bond acceptors (Lipinski definition) is 2. The average molecular weight is 306 g/mol. The summed E-state index contributed by atoms with van der Waals surface area (Å²) in [6, 6.07) is 7.96. The molecule has 0 radical (unpaired) electrons. The Labute approximate surface area is 133 Å². The van der Waals surface area contributed by atoms with Crippen molar-refractivity contribution < 1.29 is 14.5 Å². The quantitative estimate of drug-likeness (QED) is 0.659. The molecule has 0 saturated heterocycles. The van der Waals surface area contributed by atoms with Crippen LogP contribution < -0.4 is 15.5 Å². The fraction of sp³-hybridized carbons (Fsp3) is 0.529. The van der Waals surface area contributed by atoms with Crippen molar-refractivity contribution in [1.82, 2.24) is 5.32 Å². The van der Waals surface area contributed by atoms with Crippen molar-refractivity contribution in [2.75, 3.05) is 25.0 Å². The molecule has 0 fully saturated rings. The topological polar surface area (TPSA) is 62.6 Å². The van der Waals surface area contributed by atoms with Gasteiger partial charge in [-0.3, -0.25) is 9.59 Å². The number of nitrogens with one attached hydrogen (secondary N) is 3. The number of hydrogen-bond donors (Lipinski definition) is 3. The molecule has 3 N–H and O–H groups in total. The van der Waals surface area contributed by atoms with Gasteiger partial charge in [-0.25, -0.2) is 0 Å². The van der Waals surface area contributed by atoms with Gasteiger partial charge in [-0.1, -0.05) is 19.1 Å². The van der Waals surface area contributed by atoms with E-state index >= 15 is 0 Å². The van der Waals surface area contributed by atoms with E-state index in [9.17, 15) is 9.59 Å². The van der Waals surface area contributed by atoms with Gasteiger partial charge in [0.2, 0.25) is 0 Å². The van der Waals surface area contributed by atoms with Crippen LogP contribution in [0.4, 0.5) is 5.69 Å². The van der Waals surface area contributed by atoms with E-state index in [0.29, 0.717) is 6.54 Å². The lowest BCUT2D eigenvalue weighted by molar-refractivity contribution is -0.881. The van der Waals surface area contributed by atoms with Crippen LogP contribution in [0.15, 0.2) is 24.3 Å². The predicted octanol–water partition coefficient (Wildman–Crippen LogP) is 0.617. The number of quaternary nitrogens is 1. The number of carbonyl (C=O) groups is 2. The first-order chi connectivity index (χ1) is 10.4. The number of benzene rings is 1. The lowest BCUT2D eigenvalue weighted by Crippen LogP contribution is -3.14. The van der Waals surface area contributed by atoms with Crippen LogP contribution in [0.1, 0.15) is 33.3 Å². The minimum absolute atomic E-state index is 0.0213. The lowest BCUT2D eigenvalue weighted by atomic mass is 10.1. The zero-order chi connectivity index (χ0) is 16.5. The third-order valence-electron chi connectivity index (χ3n) is 3.42. The lowest BCUT2D eigenvalue weighted by Gasteiger charge is -2.17. The Hall–Kier alpha value is -1.88. The first-order valence-electron chi connectivity index (χ1n) is 7.96. The Balaban J connectivity index is 2.48. The molecule has 0 saturated carbocycles. The minimum atomic E-state index is -0.0709. The Morgan fingerprint density at radius 3 is 2.14 bits per heavy atom. The maximum atomic E-state index is 12.1. The van der Waals surface area contributed by atoms with Gasteiger partial charge in [0.15, 0.2) is 13.1 Å². The molecule has 0 aliphatic rings. The van der Waals surface area contributed by atoms with Crippen LogP contribution in [0.2, 0.25) is 0 Å². The number of rotatable bonds is 8. The molecule has 22 heavy (non-hydrogen) atoms. The van der Waals surface area contributed by atoms with Gasteiger partial charge in [0.25, 0.3) is 11.8 Å². The Bertz CT molecular complexity index is 483. The van der Waals surface area contributed by atoms with Crippen LogP contribution in [0, 0.1) is 0 Å². The van der Waals surface area contributed by atoms with Crippen LogP contribution in [0.3, 0.4) is 0 Å². The van der Waals surface area contributed by atoms with Gasteiger partial charge in [-0.2, -0.15) is 0 Å². The molecule has 1 atom stereocenters. The zero-order valence-corrected chi connectivity index (χ0v) is 14.0. The van der Waals surface area contributed by atoms with E-state index in [1.54, 1.807) is 0 Å². The molecule has 0 aliphatic heterocycles. The normalized spacial score (nSPS) is 12.0. The van der Waals surface area contributed by atoms with Gasteiger partial charge < -0.3 is 15.5 Å². The highest BCUT2D eigenvalue weighted by Gasteiger charge is 2.17. The van der Waals surface area contributed by atoms with Gasteiger partial charge in [-0.05, 0) is 44.9 Å². The van der Waals surface area contributed by atoms with Crippen LogP contribution in [-0.2, 0) is 16.0 Å². The molecule has 0 heterocycles. The molecule has 122 valence electrons. The van der Waals surface area contributed by atoms with E-state index in [-0.39, 0.29) is 24.4 Å². The molecular formula is C17H28N3O2+. The van der Waals surface area contributed by atoms with Crippen molar-refractivity contribution in [3.05, 3.63) is 29.8 Å². The number of aryl methyl sites for hydroxylation is 1. The van der Waals surface area contributed by atoms with Crippen LogP contribution in [-0.4, -0.2) is 37.5 Å². The molecule has 5 heteroatoms. The van der Waals surface area contributed by atoms with Gasteiger partial charge in [-0.15, -0.1) is 0 Å². The summed E-state index contributed by atoms with van der Waals surface area (Å²) in [5.74, 6) is -0.0922. The Kier molecular flexibility index (Phi) is 7.60. The second kappa shape index (κ2) is 9.20. The Morgan fingerprint density at radius 2 is 1.64 bits per heavy atom. The summed E-state index contributed by atoms with van der Waals surface area (Å²) in [7, 11) is 0.